The summed E-state index contributed by atoms with van der Waals surface area (Å²) in [6, 6.07) is 1.04. The summed E-state index contributed by atoms with van der Waals surface area (Å²) in [7, 11) is 3.05. The third kappa shape index (κ3) is 2.99. The van der Waals surface area contributed by atoms with Crippen LogP contribution in [0.3, 0.4) is 0 Å². The highest BCUT2D eigenvalue weighted by atomic mass is 16.5. The maximum atomic E-state index is 12.7. The maximum absolute atomic E-state index is 12.7. The van der Waals surface area contributed by atoms with Crippen LogP contribution in [0, 0.1) is 0 Å². The van der Waals surface area contributed by atoms with Crippen molar-refractivity contribution < 1.29 is 19.1 Å². The minimum atomic E-state index is -0.535. The van der Waals surface area contributed by atoms with Gasteiger partial charge in [-0.05, 0) is 32.3 Å². The van der Waals surface area contributed by atoms with Crippen molar-refractivity contribution in [2.75, 3.05) is 13.7 Å². The number of aryl methyl sites for hydroxylation is 1. The lowest BCUT2D eigenvalue weighted by atomic mass is 10.0. The molecule has 0 aliphatic carbocycles. The fourth-order valence-electron chi connectivity index (χ4n) is 2.67. The lowest BCUT2D eigenvalue weighted by molar-refractivity contribution is -0.147. The van der Waals surface area contributed by atoms with E-state index in [1.54, 1.807) is 28.8 Å². The van der Waals surface area contributed by atoms with E-state index in [2.05, 4.69) is 0 Å². The van der Waals surface area contributed by atoms with E-state index in [0.29, 0.717) is 24.2 Å². The molecule has 114 valence electrons. The number of methoxy groups -OCH3 is 1. The molecule has 0 saturated carbocycles. The van der Waals surface area contributed by atoms with E-state index in [0.717, 1.165) is 12.8 Å². The predicted molar refractivity (Wildman–Crippen MR) is 76.1 cm³/mol. The number of ketones is 1. The molecule has 2 heterocycles. The Kier molecular flexibility index (Phi) is 4.45. The maximum Gasteiger partial charge on any atom is 0.328 e. The molecular formula is C15H20N2O4. The van der Waals surface area contributed by atoms with E-state index in [-0.39, 0.29) is 17.7 Å². The summed E-state index contributed by atoms with van der Waals surface area (Å²) in [6.07, 6.45) is 4.01. The average molecular weight is 292 g/mol. The standard InChI is InChI=1S/C15H20N2O4/c1-10(18)11-8-13(16(2)9-11)14(19)17-7-5-4-6-12(17)15(20)21-3/h8-9,12H,4-7H2,1-3H3. The zero-order chi connectivity index (χ0) is 15.6. The first-order valence-corrected chi connectivity index (χ1v) is 7.01. The van der Waals surface area contributed by atoms with Crippen molar-refractivity contribution in [3.63, 3.8) is 0 Å². The molecule has 1 fully saturated rings. The van der Waals surface area contributed by atoms with Gasteiger partial charge in [-0.15, -0.1) is 0 Å². The van der Waals surface area contributed by atoms with E-state index in [1.807, 2.05) is 0 Å². The van der Waals surface area contributed by atoms with Gasteiger partial charge in [-0.3, -0.25) is 9.59 Å². The number of ether oxygens (including phenoxy) is 1. The topological polar surface area (TPSA) is 68.6 Å². The number of amides is 1. The molecule has 1 aliphatic rings. The summed E-state index contributed by atoms with van der Waals surface area (Å²) in [4.78, 5) is 37.5. The van der Waals surface area contributed by atoms with Crippen molar-refractivity contribution in [1.82, 2.24) is 9.47 Å². The second-order valence-electron chi connectivity index (χ2n) is 5.31. The van der Waals surface area contributed by atoms with Crippen LogP contribution in [0.25, 0.3) is 0 Å². The zero-order valence-corrected chi connectivity index (χ0v) is 12.6. The molecule has 0 spiro atoms. The van der Waals surface area contributed by atoms with Gasteiger partial charge in [-0.1, -0.05) is 0 Å². The van der Waals surface area contributed by atoms with E-state index in [4.69, 9.17) is 4.74 Å². The molecule has 1 aromatic rings. The Hall–Kier alpha value is -2.11. The van der Waals surface area contributed by atoms with E-state index in [9.17, 15) is 14.4 Å². The Morgan fingerprint density at radius 1 is 1.29 bits per heavy atom. The van der Waals surface area contributed by atoms with Gasteiger partial charge >= 0.3 is 5.97 Å². The first-order chi connectivity index (χ1) is 9.95. The lowest BCUT2D eigenvalue weighted by Crippen LogP contribution is -2.48. The van der Waals surface area contributed by atoms with Gasteiger partial charge < -0.3 is 14.2 Å². The van der Waals surface area contributed by atoms with Crippen molar-refractivity contribution in [2.24, 2.45) is 7.05 Å². The van der Waals surface area contributed by atoms with Crippen LogP contribution < -0.4 is 0 Å². The van der Waals surface area contributed by atoms with Gasteiger partial charge in [0.2, 0.25) is 0 Å². The molecule has 0 aromatic carbocycles. The number of esters is 1. The van der Waals surface area contributed by atoms with E-state index in [1.165, 1.54) is 14.0 Å². The number of piperidine rings is 1. The van der Waals surface area contributed by atoms with Crippen LogP contribution in [0.15, 0.2) is 12.3 Å². The smallest absolute Gasteiger partial charge is 0.328 e. The summed E-state index contributed by atoms with van der Waals surface area (Å²) in [5, 5.41) is 0. The molecule has 0 radical (unpaired) electrons. The normalized spacial score (nSPS) is 18.4. The summed E-state index contributed by atoms with van der Waals surface area (Å²) < 4.78 is 6.41. The first-order valence-electron chi connectivity index (χ1n) is 7.01. The Bertz CT molecular complexity index is 576. The van der Waals surface area contributed by atoms with Crippen LogP contribution in [-0.4, -0.2) is 46.8 Å². The second-order valence-corrected chi connectivity index (χ2v) is 5.31. The number of aromatic nitrogens is 1. The van der Waals surface area contributed by atoms with Gasteiger partial charge in [0.05, 0.1) is 7.11 Å². The molecule has 1 aromatic heterocycles. The molecule has 6 nitrogen and oxygen atoms in total. The molecule has 0 N–H and O–H groups in total. The highest BCUT2D eigenvalue weighted by Crippen LogP contribution is 2.21. The molecule has 6 heteroatoms. The Morgan fingerprint density at radius 3 is 2.57 bits per heavy atom. The molecule has 1 unspecified atom stereocenters. The summed E-state index contributed by atoms with van der Waals surface area (Å²) in [6.45, 7) is 1.99. The van der Waals surface area contributed by atoms with Gasteiger partial charge in [0.25, 0.3) is 5.91 Å². The van der Waals surface area contributed by atoms with Gasteiger partial charge in [-0.2, -0.15) is 0 Å². The van der Waals surface area contributed by atoms with Gasteiger partial charge in [-0.25, -0.2) is 4.79 Å². The van der Waals surface area contributed by atoms with Crippen molar-refractivity contribution in [3.8, 4) is 0 Å². The summed E-state index contributed by atoms with van der Waals surface area (Å²) in [5.41, 5.74) is 0.906. The van der Waals surface area contributed by atoms with Crippen LogP contribution in [-0.2, 0) is 16.6 Å². The molecular weight excluding hydrogens is 272 g/mol. The van der Waals surface area contributed by atoms with Crippen LogP contribution in [0.4, 0.5) is 0 Å². The zero-order valence-electron chi connectivity index (χ0n) is 12.6. The molecule has 2 rings (SSSR count). The number of rotatable bonds is 3. The Labute approximate surface area is 123 Å². The molecule has 1 atom stereocenters. The number of carbonyl (C=O) groups is 3. The van der Waals surface area contributed by atoms with Crippen LogP contribution >= 0.6 is 0 Å². The lowest BCUT2D eigenvalue weighted by Gasteiger charge is -2.33. The second kappa shape index (κ2) is 6.11. The Morgan fingerprint density at radius 2 is 2.00 bits per heavy atom. The number of nitrogens with zero attached hydrogens (tertiary/aromatic N) is 2. The summed E-state index contributed by atoms with van der Waals surface area (Å²) in [5.74, 6) is -0.711. The number of hydrogen-bond donors (Lipinski definition) is 0. The number of Topliss-reactive ketones (excluding diaryl/α,β-unsaturated/α-hetero) is 1. The van der Waals surface area contributed by atoms with Gasteiger partial charge in [0.1, 0.15) is 11.7 Å². The molecule has 1 saturated heterocycles. The van der Waals surface area contributed by atoms with Gasteiger partial charge in [0, 0.05) is 25.4 Å². The van der Waals surface area contributed by atoms with Crippen molar-refractivity contribution in [1.29, 1.82) is 0 Å². The van der Waals surface area contributed by atoms with E-state index >= 15 is 0 Å². The third-order valence-electron chi connectivity index (χ3n) is 3.87. The fourth-order valence-corrected chi connectivity index (χ4v) is 2.67. The van der Waals surface area contributed by atoms with Gasteiger partial charge in [0.15, 0.2) is 5.78 Å². The monoisotopic (exact) mass is 292 g/mol. The van der Waals surface area contributed by atoms with Crippen molar-refractivity contribution in [3.05, 3.63) is 23.5 Å². The minimum absolute atomic E-state index is 0.0900. The Balaban J connectivity index is 2.28. The van der Waals surface area contributed by atoms with Crippen LogP contribution in [0.2, 0.25) is 0 Å². The van der Waals surface area contributed by atoms with Crippen molar-refractivity contribution in [2.45, 2.75) is 32.2 Å². The first kappa shape index (κ1) is 15.3. The highest BCUT2D eigenvalue weighted by molar-refractivity contribution is 6.00. The number of carbonyl (C=O) groups excluding carboxylic acids is 3. The van der Waals surface area contributed by atoms with Crippen LogP contribution in [0.1, 0.15) is 47.0 Å². The predicted octanol–water partition coefficient (Wildman–Crippen LogP) is 1.40. The molecule has 1 amide bonds. The number of likely N-dealkylation sites (tertiary alicyclic amines) is 1. The number of hydrogen-bond acceptors (Lipinski definition) is 4. The minimum Gasteiger partial charge on any atom is -0.467 e. The fraction of sp³-hybridized carbons (Fsp3) is 0.533. The third-order valence-corrected chi connectivity index (χ3v) is 3.87. The highest BCUT2D eigenvalue weighted by Gasteiger charge is 2.34. The molecule has 21 heavy (non-hydrogen) atoms. The van der Waals surface area contributed by atoms with Crippen molar-refractivity contribution >= 4 is 17.7 Å². The SMILES string of the molecule is COC(=O)C1CCCCN1C(=O)c1cc(C(C)=O)cn1C. The quantitative estimate of drug-likeness (QED) is 0.623. The summed E-state index contributed by atoms with van der Waals surface area (Å²) >= 11 is 0. The largest absolute Gasteiger partial charge is 0.467 e. The van der Waals surface area contributed by atoms with Crippen LogP contribution in [0.5, 0.6) is 0 Å². The molecule has 0 bridgehead atoms. The average Bonchev–Trinajstić information content (AvgIpc) is 2.88. The molecule has 1 aliphatic heterocycles. The van der Waals surface area contributed by atoms with E-state index < -0.39 is 6.04 Å².